The van der Waals surface area contributed by atoms with Gasteiger partial charge in [0.25, 0.3) is 11.8 Å². The zero-order chi connectivity index (χ0) is 13.8. The van der Waals surface area contributed by atoms with Crippen molar-refractivity contribution in [1.82, 2.24) is 15.5 Å². The van der Waals surface area contributed by atoms with Crippen LogP contribution < -0.4 is 5.32 Å². The summed E-state index contributed by atoms with van der Waals surface area (Å²) in [6, 6.07) is 7.51. The molecule has 0 saturated heterocycles. The van der Waals surface area contributed by atoms with Crippen LogP contribution >= 0.6 is 22.7 Å². The summed E-state index contributed by atoms with van der Waals surface area (Å²) >= 11 is 2.97. The third-order valence-electron chi connectivity index (χ3n) is 2.57. The van der Waals surface area contributed by atoms with Crippen molar-refractivity contribution >= 4 is 28.6 Å². The van der Waals surface area contributed by atoms with Crippen LogP contribution in [0, 0.1) is 0 Å². The molecule has 0 bridgehead atoms. The van der Waals surface area contributed by atoms with Gasteiger partial charge in [0.15, 0.2) is 0 Å². The van der Waals surface area contributed by atoms with Crippen molar-refractivity contribution < 1.29 is 9.21 Å². The van der Waals surface area contributed by atoms with E-state index in [0.717, 1.165) is 4.88 Å². The first kappa shape index (κ1) is 13.0. The number of rotatable bonds is 5. The van der Waals surface area contributed by atoms with Crippen LogP contribution in [0.2, 0.25) is 0 Å². The summed E-state index contributed by atoms with van der Waals surface area (Å²) in [6.45, 7) is 0.475. The van der Waals surface area contributed by atoms with Crippen LogP contribution in [0.5, 0.6) is 0 Å². The lowest BCUT2D eigenvalue weighted by Crippen LogP contribution is -2.24. The lowest BCUT2D eigenvalue weighted by atomic mass is 10.4. The van der Waals surface area contributed by atoms with E-state index < -0.39 is 0 Å². The molecule has 0 atom stereocenters. The summed E-state index contributed by atoms with van der Waals surface area (Å²) in [4.78, 5) is 13.4. The Hall–Kier alpha value is -1.99. The minimum atomic E-state index is -0.0713. The normalized spacial score (nSPS) is 10.6. The smallest absolute Gasteiger partial charge is 0.261 e. The van der Waals surface area contributed by atoms with Crippen molar-refractivity contribution in [2.24, 2.45) is 0 Å². The number of hydrogen-bond donors (Lipinski definition) is 1. The van der Waals surface area contributed by atoms with Gasteiger partial charge in [0.1, 0.15) is 0 Å². The zero-order valence-electron chi connectivity index (χ0n) is 10.4. The lowest BCUT2D eigenvalue weighted by Gasteiger charge is -2.00. The molecule has 3 heterocycles. The standard InChI is InChI=1S/C13H11N3O2S2/c17-12(9-3-1-7-19-9)14-6-5-11-15-16-13(18-11)10-4-2-8-20-10/h1-4,7-8H,5-6H2,(H,14,17). The van der Waals surface area contributed by atoms with Crippen LogP contribution in [-0.4, -0.2) is 22.6 Å². The average Bonchev–Trinajstić information content (AvgIpc) is 3.20. The van der Waals surface area contributed by atoms with E-state index in [1.165, 1.54) is 11.3 Å². The molecule has 0 aliphatic rings. The van der Waals surface area contributed by atoms with Gasteiger partial charge in [0.2, 0.25) is 5.89 Å². The molecule has 3 aromatic rings. The van der Waals surface area contributed by atoms with Gasteiger partial charge in [0.05, 0.1) is 9.75 Å². The first-order chi connectivity index (χ1) is 9.83. The van der Waals surface area contributed by atoms with Gasteiger partial charge < -0.3 is 9.73 Å². The molecule has 0 aromatic carbocycles. The van der Waals surface area contributed by atoms with E-state index in [9.17, 15) is 4.79 Å². The van der Waals surface area contributed by atoms with Crippen molar-refractivity contribution in [2.75, 3.05) is 6.54 Å². The molecule has 0 aliphatic heterocycles. The van der Waals surface area contributed by atoms with Gasteiger partial charge in [-0.15, -0.1) is 32.9 Å². The Morgan fingerprint density at radius 2 is 2.05 bits per heavy atom. The van der Waals surface area contributed by atoms with E-state index in [0.29, 0.717) is 29.6 Å². The average molecular weight is 305 g/mol. The first-order valence-electron chi connectivity index (χ1n) is 6.01. The maximum atomic E-state index is 11.7. The largest absolute Gasteiger partial charge is 0.420 e. The molecule has 0 saturated carbocycles. The van der Waals surface area contributed by atoms with E-state index >= 15 is 0 Å². The van der Waals surface area contributed by atoms with Crippen LogP contribution in [0.15, 0.2) is 39.4 Å². The van der Waals surface area contributed by atoms with Crippen molar-refractivity contribution in [3.8, 4) is 10.8 Å². The highest BCUT2D eigenvalue weighted by Crippen LogP contribution is 2.22. The fraction of sp³-hybridized carbons (Fsp3) is 0.154. The van der Waals surface area contributed by atoms with E-state index in [1.807, 2.05) is 29.0 Å². The van der Waals surface area contributed by atoms with Crippen molar-refractivity contribution in [1.29, 1.82) is 0 Å². The number of nitrogens with one attached hydrogen (secondary N) is 1. The van der Waals surface area contributed by atoms with E-state index in [2.05, 4.69) is 15.5 Å². The van der Waals surface area contributed by atoms with E-state index in [-0.39, 0.29) is 5.91 Å². The molecule has 3 aromatic heterocycles. The summed E-state index contributed by atoms with van der Waals surface area (Å²) in [5.74, 6) is 0.984. The molecule has 1 N–H and O–H groups in total. The molecular formula is C13H11N3O2S2. The highest BCUT2D eigenvalue weighted by atomic mass is 32.1. The Labute approximate surface area is 123 Å². The second-order valence-corrected chi connectivity index (χ2v) is 5.86. The number of carbonyl (C=O) groups is 1. The van der Waals surface area contributed by atoms with E-state index in [4.69, 9.17) is 4.42 Å². The SMILES string of the molecule is O=C(NCCc1nnc(-c2cccs2)o1)c1cccs1. The second-order valence-electron chi connectivity index (χ2n) is 3.96. The van der Waals surface area contributed by atoms with Gasteiger partial charge in [-0.05, 0) is 22.9 Å². The molecule has 7 heteroatoms. The van der Waals surface area contributed by atoms with Crippen molar-refractivity contribution in [3.05, 3.63) is 45.8 Å². The monoisotopic (exact) mass is 305 g/mol. The fourth-order valence-corrected chi connectivity index (χ4v) is 2.92. The van der Waals surface area contributed by atoms with Gasteiger partial charge in [-0.25, -0.2) is 0 Å². The topological polar surface area (TPSA) is 68.0 Å². The van der Waals surface area contributed by atoms with Crippen molar-refractivity contribution in [2.45, 2.75) is 6.42 Å². The molecule has 102 valence electrons. The van der Waals surface area contributed by atoms with Gasteiger partial charge in [0, 0.05) is 13.0 Å². The van der Waals surface area contributed by atoms with Gasteiger partial charge in [-0.2, -0.15) is 0 Å². The molecule has 0 spiro atoms. The molecule has 0 fully saturated rings. The maximum Gasteiger partial charge on any atom is 0.261 e. The van der Waals surface area contributed by atoms with Gasteiger partial charge in [-0.1, -0.05) is 12.1 Å². The number of hydrogen-bond acceptors (Lipinski definition) is 6. The predicted molar refractivity (Wildman–Crippen MR) is 78.0 cm³/mol. The molecule has 0 unspecified atom stereocenters. The molecule has 0 aliphatic carbocycles. The summed E-state index contributed by atoms with van der Waals surface area (Å²) in [5, 5.41) is 14.6. The fourth-order valence-electron chi connectivity index (χ4n) is 1.63. The molecular weight excluding hydrogens is 294 g/mol. The van der Waals surface area contributed by atoms with Crippen LogP contribution in [0.4, 0.5) is 0 Å². The Bertz CT molecular complexity index is 674. The van der Waals surface area contributed by atoms with E-state index in [1.54, 1.807) is 17.4 Å². The van der Waals surface area contributed by atoms with Gasteiger partial charge in [-0.3, -0.25) is 4.79 Å². The number of carbonyl (C=O) groups excluding carboxylic acids is 1. The van der Waals surface area contributed by atoms with Crippen LogP contribution in [0.25, 0.3) is 10.8 Å². The summed E-state index contributed by atoms with van der Waals surface area (Å²) in [6.07, 6.45) is 0.523. The Balaban J connectivity index is 1.53. The molecule has 1 amide bonds. The van der Waals surface area contributed by atoms with Crippen LogP contribution in [0.3, 0.4) is 0 Å². The number of aromatic nitrogens is 2. The molecule has 20 heavy (non-hydrogen) atoms. The second kappa shape index (κ2) is 5.98. The Kier molecular flexibility index (Phi) is 3.89. The van der Waals surface area contributed by atoms with Crippen molar-refractivity contribution in [3.63, 3.8) is 0 Å². The highest BCUT2D eigenvalue weighted by molar-refractivity contribution is 7.13. The maximum absolute atomic E-state index is 11.7. The lowest BCUT2D eigenvalue weighted by molar-refractivity contribution is 0.0957. The molecule has 3 rings (SSSR count). The molecule has 5 nitrogen and oxygen atoms in total. The minimum Gasteiger partial charge on any atom is -0.420 e. The Morgan fingerprint density at radius 1 is 1.20 bits per heavy atom. The van der Waals surface area contributed by atoms with Gasteiger partial charge >= 0.3 is 0 Å². The predicted octanol–water partition coefficient (Wildman–Crippen LogP) is 2.83. The third kappa shape index (κ3) is 2.94. The first-order valence-corrected chi connectivity index (χ1v) is 7.77. The third-order valence-corrected chi connectivity index (χ3v) is 4.29. The van der Waals surface area contributed by atoms with Crippen LogP contribution in [-0.2, 0) is 6.42 Å². The van der Waals surface area contributed by atoms with Crippen LogP contribution in [0.1, 0.15) is 15.6 Å². The Morgan fingerprint density at radius 3 is 2.80 bits per heavy atom. The number of thiophene rings is 2. The summed E-state index contributed by atoms with van der Waals surface area (Å²) < 4.78 is 5.54. The molecule has 0 radical (unpaired) electrons. The number of nitrogens with zero attached hydrogens (tertiary/aromatic N) is 2. The number of amides is 1. The minimum absolute atomic E-state index is 0.0713. The summed E-state index contributed by atoms with van der Waals surface area (Å²) in [7, 11) is 0. The quantitative estimate of drug-likeness (QED) is 0.787. The zero-order valence-corrected chi connectivity index (χ0v) is 12.0. The summed E-state index contributed by atoms with van der Waals surface area (Å²) in [5.41, 5.74) is 0. The highest BCUT2D eigenvalue weighted by Gasteiger charge is 2.10.